The van der Waals surface area contributed by atoms with Crippen molar-refractivity contribution in [3.8, 4) is 38.4 Å². The number of carbonyl (C=O) groups excluding carboxylic acids is 7. The van der Waals surface area contributed by atoms with Crippen molar-refractivity contribution >= 4 is 115 Å². The van der Waals surface area contributed by atoms with Crippen LogP contribution >= 0.6 is 56.7 Å². The lowest BCUT2D eigenvalue weighted by Crippen LogP contribution is -2.62. The number of esters is 2. The van der Waals surface area contributed by atoms with Gasteiger partial charge in [0.05, 0.1) is 55.1 Å². The van der Waals surface area contributed by atoms with Crippen LogP contribution in [-0.4, -0.2) is 194 Å². The van der Waals surface area contributed by atoms with Gasteiger partial charge < -0.3 is 85.4 Å². The number of hydrogen-bond donors (Lipinski definition) is 10. The Morgan fingerprint density at radius 1 is 0.860 bits per heavy atom. The lowest BCUT2D eigenvalue weighted by molar-refractivity contribution is -0.280. The highest BCUT2D eigenvalue weighted by molar-refractivity contribution is 7.14. The van der Waals surface area contributed by atoms with E-state index in [1.165, 1.54) is 60.9 Å². The van der Waals surface area contributed by atoms with E-state index < -0.39 is 133 Å². The molecule has 10 atom stereocenters. The Kier molecular flexibility index (Phi) is 19.5. The van der Waals surface area contributed by atoms with Crippen LogP contribution in [0, 0.1) is 0 Å². The Hall–Kier alpha value is -9.54. The molecule has 8 aromatic heterocycles. The summed E-state index contributed by atoms with van der Waals surface area (Å²) in [5.41, 5.74) is -1.50. The van der Waals surface area contributed by atoms with Crippen molar-refractivity contribution in [3.05, 3.63) is 130 Å². The zero-order valence-electron chi connectivity index (χ0n) is 54.0. The molecule has 5 amide bonds. The van der Waals surface area contributed by atoms with Crippen LogP contribution in [0.3, 0.4) is 0 Å². The molecule has 1 saturated heterocycles. The van der Waals surface area contributed by atoms with E-state index in [9.17, 15) is 34.9 Å². The Morgan fingerprint density at radius 2 is 1.56 bits per heavy atom. The number of rotatable bonds is 10. The van der Waals surface area contributed by atoms with Gasteiger partial charge in [-0.3, -0.25) is 24.0 Å². The Labute approximate surface area is 586 Å². The van der Waals surface area contributed by atoms with Crippen LogP contribution in [0.2, 0.25) is 0 Å². The molecule has 1 aromatic carbocycles. The maximum absolute atomic E-state index is 15.2. The number of H-pyrrole nitrogens is 1. The minimum absolute atomic E-state index is 0.00520. The van der Waals surface area contributed by atoms with E-state index in [2.05, 4.69) is 51.5 Å². The smallest absolute Gasteiger partial charge is 0.358 e. The number of aromatic hydroxyl groups is 1. The minimum atomic E-state index is -1.91. The van der Waals surface area contributed by atoms with Gasteiger partial charge in [-0.05, 0) is 59.5 Å². The van der Waals surface area contributed by atoms with Crippen molar-refractivity contribution in [1.82, 2.24) is 76.1 Å². The van der Waals surface area contributed by atoms with Gasteiger partial charge in [-0.25, -0.2) is 44.5 Å². The molecular weight excluding hydrogens is 1400 g/mol. The molecule has 0 saturated carbocycles. The average Bonchev–Trinajstić information content (AvgIpc) is 1.57. The molecule has 4 aliphatic heterocycles. The van der Waals surface area contributed by atoms with Crippen LogP contribution in [-0.2, 0) is 57.6 Å². The topological polar surface area (TPSA) is 430 Å². The van der Waals surface area contributed by atoms with Gasteiger partial charge in [0.25, 0.3) is 23.6 Å². The van der Waals surface area contributed by atoms with Crippen LogP contribution in [0.4, 0.5) is 0 Å². The molecule has 13 rings (SSSR count). The number of carbonyl (C=O) groups is 7. The summed E-state index contributed by atoms with van der Waals surface area (Å²) in [5.74, 6) is -6.72. The number of methoxy groups -OCH3 is 1. The number of cyclic esters (lactones) is 2. The van der Waals surface area contributed by atoms with E-state index in [4.69, 9.17) is 43.4 Å². The second-order valence-corrected chi connectivity index (χ2v) is 28.5. The summed E-state index contributed by atoms with van der Waals surface area (Å²) < 4.78 is 38.3. The number of thiazole rings is 5. The summed E-state index contributed by atoms with van der Waals surface area (Å²) in [7, 11) is 4.86. The number of likely N-dealkylation sites (N-methyl/N-ethyl adjacent to an activating group) is 1. The van der Waals surface area contributed by atoms with Gasteiger partial charge in [0, 0.05) is 69.0 Å². The number of amides is 5. The van der Waals surface area contributed by atoms with Gasteiger partial charge >= 0.3 is 11.9 Å². The highest BCUT2D eigenvalue weighted by atomic mass is 32.1. The Morgan fingerprint density at radius 3 is 2.30 bits per heavy atom. The maximum atomic E-state index is 15.2. The predicted octanol–water partition coefficient (Wildman–Crippen LogP) is 4.86. The third kappa shape index (κ3) is 13.7. The number of aromatic amines is 1. The molecule has 10 N–H and O–H groups in total. The van der Waals surface area contributed by atoms with E-state index in [1.807, 2.05) is 0 Å². The first-order chi connectivity index (χ1) is 47.9. The van der Waals surface area contributed by atoms with Crippen LogP contribution in [0.5, 0.6) is 5.75 Å². The summed E-state index contributed by atoms with van der Waals surface area (Å²) in [5, 5.41) is 68.7. The molecule has 1 fully saturated rings. The lowest BCUT2D eigenvalue weighted by Gasteiger charge is -2.48. The number of hydrogen-bond acceptors (Lipinski definition) is 30. The molecule has 12 heterocycles. The number of allylic oxidation sites excluding steroid dienone is 1. The van der Waals surface area contributed by atoms with E-state index in [-0.39, 0.29) is 111 Å². The van der Waals surface area contributed by atoms with Crippen molar-refractivity contribution in [2.24, 2.45) is 0 Å². The first-order valence-electron chi connectivity index (χ1n) is 30.9. The third-order valence-electron chi connectivity index (χ3n) is 17.0. The molecular formula is C63H63N15O17S5. The van der Waals surface area contributed by atoms with Gasteiger partial charge in [-0.2, -0.15) is 4.73 Å². The van der Waals surface area contributed by atoms with Crippen molar-refractivity contribution in [2.75, 3.05) is 34.4 Å². The molecule has 0 radical (unpaired) electrons. The van der Waals surface area contributed by atoms with Crippen LogP contribution in [0.1, 0.15) is 130 Å². The fourth-order valence-corrected chi connectivity index (χ4v) is 16.5. The highest BCUT2D eigenvalue weighted by Crippen LogP contribution is 2.43. The Bertz CT molecular complexity index is 4710. The normalized spacial score (nSPS) is 23.9. The molecule has 0 aliphatic carbocycles. The number of imidazole rings is 1. The number of ether oxygens (including phenoxy) is 6. The van der Waals surface area contributed by atoms with Crippen LogP contribution in [0.25, 0.3) is 49.3 Å². The molecule has 12 bridgehead atoms. The Balaban J connectivity index is 0.968. The number of benzene rings is 1. The van der Waals surface area contributed by atoms with Crippen LogP contribution in [0.15, 0.2) is 69.4 Å². The summed E-state index contributed by atoms with van der Waals surface area (Å²) in [6, 6.07) is 0.810. The molecule has 37 heteroatoms. The summed E-state index contributed by atoms with van der Waals surface area (Å²) >= 11 is 4.69. The summed E-state index contributed by atoms with van der Waals surface area (Å²) in [6.07, 6.45) is -3.83. The molecule has 0 spiro atoms. The lowest BCUT2D eigenvalue weighted by atomic mass is 9.85. The van der Waals surface area contributed by atoms with Crippen molar-refractivity contribution in [3.63, 3.8) is 0 Å². The third-order valence-corrected chi connectivity index (χ3v) is 21.4. The predicted molar refractivity (Wildman–Crippen MR) is 359 cm³/mol. The zero-order valence-corrected chi connectivity index (χ0v) is 58.0. The van der Waals surface area contributed by atoms with Gasteiger partial charge in [-0.15, -0.1) is 56.7 Å². The van der Waals surface area contributed by atoms with Gasteiger partial charge in [0.2, 0.25) is 5.91 Å². The summed E-state index contributed by atoms with van der Waals surface area (Å²) in [6.45, 7) is 4.57. The number of pyridine rings is 1. The van der Waals surface area contributed by atoms with E-state index in [0.29, 0.717) is 16.7 Å². The first kappa shape index (κ1) is 69.0. The molecule has 4 aliphatic rings. The average molecular weight is 1460 g/mol. The number of nitrogens with zero attached hydrogens (tertiary/aromatic N) is 9. The standard InChI is InChI=1S/C63H63N15O17S5/c1-25(79)42-55(85)75-43(26(2)90-7)58-71-37(23-98-58)54(84)76-46-48-49(95-40-14-63(4,88)50(77(5)6)27(3)94-40)62(87)92-16-28-9-8-10-38-41(28)31(17-91-48)47(78(38)89)61(86)93-18-32(67-52(82)35-22-100-60(46)72-35)57-68-33(19-97-57)44-30(56-69-36(21-96-56)53(83)74-42)13-39(80)45(73-44)59-70-34(20-99-59)51(81)65-12-11-29-15-64-24-66-29/h8-10,13,15,19-25,27,32,40,42,46,48-50,79-80,88-89H,11-12,14,16-18H2,1-7H3,(H,64,66)(H,65,81)(H,67,82)(H,74,83)(H,75,85)(H,76,84)/b43-26+/t25-,27+,32+,40+,42+,46+,48+,49+,50-,63+/m1/s1. The van der Waals surface area contributed by atoms with Crippen molar-refractivity contribution in [2.45, 2.75) is 114 Å². The van der Waals surface area contributed by atoms with Gasteiger partial charge in [0.15, 0.2) is 18.1 Å². The maximum Gasteiger partial charge on any atom is 0.358 e. The SMILES string of the molecule is CO/C(C)=C1/NC(=O)[C@H]([C@@H](C)O)NC(=O)c2csc(n2)-c2cc(O)c(-c3nc(C(=O)NCCc4c[nH]cn4)cs3)nc2-c2csc(n2)[C@@H]2COC(=O)c3c4c5c(cccc5n3O)COC(=O)[C@@H](O[C@H]3C[C@](C)(O)[C@H](N(C)C)[C@H](C)O3)[C@@H](OC4)[C@H](NC(=O)c3csc1n3)c1nc(cs1)C(=O)N2. The van der Waals surface area contributed by atoms with E-state index in [1.54, 1.807) is 56.6 Å². The van der Waals surface area contributed by atoms with E-state index in [0.717, 1.165) is 62.4 Å². The number of fused-ring (bicyclic) bond motifs is 15. The number of nitrogens with one attached hydrogen (secondary N) is 6. The van der Waals surface area contributed by atoms with Crippen LogP contribution < -0.4 is 26.6 Å². The second kappa shape index (κ2) is 28.2. The van der Waals surface area contributed by atoms with Gasteiger partial charge in [0.1, 0.15) is 120 Å². The van der Waals surface area contributed by atoms with Gasteiger partial charge in [-0.1, -0.05) is 12.1 Å². The summed E-state index contributed by atoms with van der Waals surface area (Å²) in [4.78, 5) is 140. The fraction of sp³-hybridized carbons (Fsp3) is 0.365. The van der Waals surface area contributed by atoms with Crippen molar-refractivity contribution < 1.29 is 82.5 Å². The van der Waals surface area contributed by atoms with E-state index >= 15 is 19.2 Å². The number of aliphatic hydroxyl groups excluding tert-OH is 1. The largest absolute Gasteiger partial charge is 0.506 e. The quantitative estimate of drug-likeness (QED) is 0.0496. The monoisotopic (exact) mass is 1460 g/mol. The second-order valence-electron chi connectivity index (χ2n) is 24.1. The molecule has 32 nitrogen and oxygen atoms in total. The zero-order chi connectivity index (χ0) is 70.6. The number of aromatic nitrogens is 9. The van der Waals surface area contributed by atoms with Crippen molar-refractivity contribution in [1.29, 1.82) is 0 Å². The first-order valence-corrected chi connectivity index (χ1v) is 35.3. The molecule has 9 aromatic rings. The fourth-order valence-electron chi connectivity index (χ4n) is 12.3. The number of aliphatic hydroxyl groups is 2. The molecule has 100 heavy (non-hydrogen) atoms. The minimum Gasteiger partial charge on any atom is -0.506 e. The highest BCUT2D eigenvalue weighted by Gasteiger charge is 2.50. The molecule has 0 unspecified atom stereocenters. The molecule has 522 valence electrons.